The Morgan fingerprint density at radius 2 is 2.26 bits per heavy atom. The monoisotopic (exact) mass is 320 g/mol. The third-order valence-corrected chi connectivity index (χ3v) is 4.34. The van der Waals surface area contributed by atoms with E-state index in [9.17, 15) is 4.79 Å². The van der Waals surface area contributed by atoms with Crippen molar-refractivity contribution in [2.45, 2.75) is 17.4 Å². The molecule has 1 aliphatic rings. The number of halogens is 2. The Morgan fingerprint density at radius 3 is 2.84 bits per heavy atom. The van der Waals surface area contributed by atoms with Crippen molar-refractivity contribution in [3.8, 4) is 0 Å². The van der Waals surface area contributed by atoms with Gasteiger partial charge in [-0.1, -0.05) is 11.6 Å². The van der Waals surface area contributed by atoms with E-state index in [1.807, 2.05) is 30.3 Å². The Balaban J connectivity index is 0.00000180. The van der Waals surface area contributed by atoms with E-state index in [2.05, 4.69) is 5.32 Å². The van der Waals surface area contributed by atoms with Gasteiger partial charge < -0.3 is 10.2 Å². The van der Waals surface area contributed by atoms with Crippen molar-refractivity contribution in [1.29, 1.82) is 0 Å². The SMILES string of the molecule is CNC1CCN(C(=O)c2cc(SC)ccc2Cl)C1.Cl. The Hall–Kier alpha value is -0.420. The molecule has 0 saturated carbocycles. The zero-order valence-corrected chi connectivity index (χ0v) is 13.4. The van der Waals surface area contributed by atoms with Crippen LogP contribution in [0, 0.1) is 0 Å². The average molecular weight is 321 g/mol. The lowest BCUT2D eigenvalue weighted by atomic mass is 10.2. The van der Waals surface area contributed by atoms with Crippen LogP contribution in [0.15, 0.2) is 23.1 Å². The highest BCUT2D eigenvalue weighted by Gasteiger charge is 2.27. The fourth-order valence-electron chi connectivity index (χ4n) is 2.15. The second-order valence-electron chi connectivity index (χ2n) is 4.37. The summed E-state index contributed by atoms with van der Waals surface area (Å²) in [5.74, 6) is 0.0358. The van der Waals surface area contributed by atoms with E-state index in [0.29, 0.717) is 16.6 Å². The van der Waals surface area contributed by atoms with Crippen LogP contribution in [0.5, 0.6) is 0 Å². The summed E-state index contributed by atoms with van der Waals surface area (Å²) in [6, 6.07) is 6.01. The van der Waals surface area contributed by atoms with Gasteiger partial charge in [0.1, 0.15) is 0 Å². The van der Waals surface area contributed by atoms with Gasteiger partial charge >= 0.3 is 0 Å². The molecule has 1 aromatic carbocycles. The summed E-state index contributed by atoms with van der Waals surface area (Å²) in [5.41, 5.74) is 0.611. The molecule has 106 valence electrons. The van der Waals surface area contributed by atoms with Gasteiger partial charge in [0.25, 0.3) is 5.91 Å². The summed E-state index contributed by atoms with van der Waals surface area (Å²) in [4.78, 5) is 15.3. The molecule has 3 nitrogen and oxygen atoms in total. The lowest BCUT2D eigenvalue weighted by Gasteiger charge is -2.17. The number of carbonyl (C=O) groups excluding carboxylic acids is 1. The highest BCUT2D eigenvalue weighted by Crippen LogP contribution is 2.25. The van der Waals surface area contributed by atoms with E-state index in [4.69, 9.17) is 11.6 Å². The molecule has 19 heavy (non-hydrogen) atoms. The first-order chi connectivity index (χ1) is 8.65. The van der Waals surface area contributed by atoms with Gasteiger partial charge in [0, 0.05) is 24.0 Å². The Labute approximate surface area is 129 Å². The number of nitrogens with one attached hydrogen (secondary N) is 1. The molecule has 1 atom stereocenters. The van der Waals surface area contributed by atoms with Crippen molar-refractivity contribution in [2.75, 3.05) is 26.4 Å². The minimum Gasteiger partial charge on any atom is -0.337 e. The standard InChI is InChI=1S/C13H17ClN2OS.ClH/c1-15-9-5-6-16(8-9)13(17)11-7-10(18-2)3-4-12(11)14;/h3-4,7,9,15H,5-6,8H2,1-2H3;1H. The number of thioether (sulfide) groups is 1. The summed E-state index contributed by atoms with van der Waals surface area (Å²) >= 11 is 7.74. The third-order valence-electron chi connectivity index (χ3n) is 3.29. The molecule has 1 unspecified atom stereocenters. The number of likely N-dealkylation sites (N-methyl/N-ethyl adjacent to an activating group) is 1. The van der Waals surface area contributed by atoms with Gasteiger partial charge in [0.2, 0.25) is 0 Å². The highest BCUT2D eigenvalue weighted by atomic mass is 35.5. The Morgan fingerprint density at radius 1 is 1.53 bits per heavy atom. The smallest absolute Gasteiger partial charge is 0.255 e. The van der Waals surface area contributed by atoms with E-state index >= 15 is 0 Å². The first-order valence-electron chi connectivity index (χ1n) is 5.95. The van der Waals surface area contributed by atoms with Crippen molar-refractivity contribution in [3.05, 3.63) is 28.8 Å². The van der Waals surface area contributed by atoms with Crippen molar-refractivity contribution in [1.82, 2.24) is 10.2 Å². The van der Waals surface area contributed by atoms with Gasteiger partial charge in [-0.2, -0.15) is 0 Å². The predicted octanol–water partition coefficient (Wildman–Crippen LogP) is 2.92. The largest absolute Gasteiger partial charge is 0.337 e. The van der Waals surface area contributed by atoms with Gasteiger partial charge in [0.05, 0.1) is 10.6 Å². The predicted molar refractivity (Wildman–Crippen MR) is 83.8 cm³/mol. The van der Waals surface area contributed by atoms with E-state index in [1.165, 1.54) is 0 Å². The van der Waals surface area contributed by atoms with Gasteiger partial charge in [0.15, 0.2) is 0 Å². The first kappa shape index (κ1) is 16.6. The quantitative estimate of drug-likeness (QED) is 0.869. The summed E-state index contributed by atoms with van der Waals surface area (Å²) < 4.78 is 0. The molecule has 1 amide bonds. The molecule has 0 radical (unpaired) electrons. The number of benzene rings is 1. The zero-order chi connectivity index (χ0) is 13.1. The molecule has 1 aromatic rings. The molecule has 0 aliphatic carbocycles. The minimum absolute atomic E-state index is 0. The normalized spacial score (nSPS) is 18.3. The van der Waals surface area contributed by atoms with Crippen LogP contribution in [-0.4, -0.2) is 43.2 Å². The Bertz CT molecular complexity index is 456. The second kappa shape index (κ2) is 7.39. The van der Waals surface area contributed by atoms with Crippen LogP contribution in [-0.2, 0) is 0 Å². The number of nitrogens with zero attached hydrogens (tertiary/aromatic N) is 1. The second-order valence-corrected chi connectivity index (χ2v) is 5.66. The van der Waals surface area contributed by atoms with Crippen molar-refractivity contribution < 1.29 is 4.79 Å². The maximum atomic E-state index is 12.4. The number of hydrogen-bond donors (Lipinski definition) is 1. The van der Waals surface area contributed by atoms with E-state index in [1.54, 1.807) is 17.8 Å². The van der Waals surface area contributed by atoms with Crippen molar-refractivity contribution in [3.63, 3.8) is 0 Å². The third kappa shape index (κ3) is 3.78. The van der Waals surface area contributed by atoms with Crippen molar-refractivity contribution >= 4 is 41.7 Å². The maximum absolute atomic E-state index is 12.4. The maximum Gasteiger partial charge on any atom is 0.255 e. The minimum atomic E-state index is 0. The molecule has 0 bridgehead atoms. The highest BCUT2D eigenvalue weighted by molar-refractivity contribution is 7.98. The molecule has 1 aliphatic heterocycles. The number of likely N-dealkylation sites (tertiary alicyclic amines) is 1. The molecule has 2 rings (SSSR count). The van der Waals surface area contributed by atoms with Crippen molar-refractivity contribution in [2.24, 2.45) is 0 Å². The molecule has 1 N–H and O–H groups in total. The fraction of sp³-hybridized carbons (Fsp3) is 0.462. The molecular weight excluding hydrogens is 303 g/mol. The average Bonchev–Trinajstić information content (AvgIpc) is 2.87. The summed E-state index contributed by atoms with van der Waals surface area (Å²) in [7, 11) is 1.93. The van der Waals surface area contributed by atoms with E-state index in [-0.39, 0.29) is 18.3 Å². The summed E-state index contributed by atoms with van der Waals surface area (Å²) in [6.07, 6.45) is 2.99. The van der Waals surface area contributed by atoms with Crippen LogP contribution in [0.3, 0.4) is 0 Å². The summed E-state index contributed by atoms with van der Waals surface area (Å²) in [6.45, 7) is 1.55. The van der Waals surface area contributed by atoms with Crippen LogP contribution in [0.25, 0.3) is 0 Å². The zero-order valence-electron chi connectivity index (χ0n) is 11.0. The van der Waals surface area contributed by atoms with E-state index < -0.39 is 0 Å². The van der Waals surface area contributed by atoms with Gasteiger partial charge in [-0.05, 0) is 37.9 Å². The van der Waals surface area contributed by atoms with Gasteiger partial charge in [-0.3, -0.25) is 4.79 Å². The molecular formula is C13H18Cl2N2OS. The summed E-state index contributed by atoms with van der Waals surface area (Å²) in [5, 5.41) is 3.74. The lowest BCUT2D eigenvalue weighted by molar-refractivity contribution is 0.0789. The van der Waals surface area contributed by atoms with Crippen LogP contribution in [0.4, 0.5) is 0 Å². The molecule has 6 heteroatoms. The van der Waals surface area contributed by atoms with Gasteiger partial charge in [-0.25, -0.2) is 0 Å². The molecule has 0 aromatic heterocycles. The number of hydrogen-bond acceptors (Lipinski definition) is 3. The van der Waals surface area contributed by atoms with Gasteiger partial charge in [-0.15, -0.1) is 24.2 Å². The van der Waals surface area contributed by atoms with E-state index in [0.717, 1.165) is 24.4 Å². The molecule has 1 heterocycles. The molecule has 0 spiro atoms. The topological polar surface area (TPSA) is 32.3 Å². The van der Waals surface area contributed by atoms with Crippen LogP contribution >= 0.6 is 35.8 Å². The molecule has 1 fully saturated rings. The van der Waals surface area contributed by atoms with Crippen LogP contribution in [0.1, 0.15) is 16.8 Å². The van der Waals surface area contributed by atoms with Crippen LogP contribution < -0.4 is 5.32 Å². The lowest BCUT2D eigenvalue weighted by Crippen LogP contribution is -2.33. The number of rotatable bonds is 3. The number of carbonyl (C=O) groups is 1. The number of amides is 1. The molecule has 1 saturated heterocycles. The Kier molecular flexibility index (Phi) is 6.47. The van der Waals surface area contributed by atoms with Crippen LogP contribution in [0.2, 0.25) is 5.02 Å². The first-order valence-corrected chi connectivity index (χ1v) is 7.56. The fourth-order valence-corrected chi connectivity index (χ4v) is 2.78.